The second-order valence-electron chi connectivity index (χ2n) is 2.19. The van der Waals surface area contributed by atoms with E-state index in [1.54, 1.807) is 0 Å². The Morgan fingerprint density at radius 2 is 1.91 bits per heavy atom. The third-order valence-corrected chi connectivity index (χ3v) is 1.38. The van der Waals surface area contributed by atoms with Gasteiger partial charge in [0.25, 0.3) is 0 Å². The molecular formula is C9H9ClO. The van der Waals surface area contributed by atoms with Crippen LogP contribution in [0.4, 0.5) is 0 Å². The van der Waals surface area contributed by atoms with Crippen molar-refractivity contribution < 1.29 is 4.74 Å². The Balaban J connectivity index is 2.66. The molecule has 11 heavy (non-hydrogen) atoms. The Bertz CT molecular complexity index is 238. The minimum absolute atomic E-state index is 0.799. The Labute approximate surface area is 71.3 Å². The van der Waals surface area contributed by atoms with Crippen LogP contribution in [0.2, 0.25) is 0 Å². The van der Waals surface area contributed by atoms with Crippen LogP contribution in [0.5, 0.6) is 5.75 Å². The van der Waals surface area contributed by atoms with Crippen LogP contribution in [-0.2, 0) is 0 Å². The fourth-order valence-corrected chi connectivity index (χ4v) is 0.773. The van der Waals surface area contributed by atoms with Crippen molar-refractivity contribution in [3.8, 4) is 5.75 Å². The van der Waals surface area contributed by atoms with Gasteiger partial charge in [0.15, 0.2) is 0 Å². The summed E-state index contributed by atoms with van der Waals surface area (Å²) in [7, 11) is 0. The molecular weight excluding hydrogens is 160 g/mol. The van der Waals surface area contributed by atoms with E-state index in [9.17, 15) is 0 Å². The smallest absolute Gasteiger partial charge is 0.126 e. The molecule has 1 nitrogen and oxygen atoms in total. The fraction of sp³-hybridized carbons (Fsp3) is 0.111. The van der Waals surface area contributed by atoms with Crippen molar-refractivity contribution in [2.75, 3.05) is 0 Å². The monoisotopic (exact) mass is 168 g/mol. The van der Waals surface area contributed by atoms with Gasteiger partial charge in [-0.25, -0.2) is 0 Å². The molecule has 0 aliphatic carbocycles. The average molecular weight is 169 g/mol. The summed E-state index contributed by atoms with van der Waals surface area (Å²) in [6.45, 7) is 2.03. The van der Waals surface area contributed by atoms with Gasteiger partial charge in [-0.05, 0) is 19.1 Å². The maximum atomic E-state index is 5.28. The number of rotatable bonds is 2. The minimum Gasteiger partial charge on any atom is -0.464 e. The quantitative estimate of drug-likeness (QED) is 0.617. The highest BCUT2D eigenvalue weighted by Gasteiger charge is 1.87. The van der Waals surface area contributed by atoms with Gasteiger partial charge in [0.1, 0.15) is 12.0 Å². The van der Waals surface area contributed by atoms with Crippen molar-refractivity contribution in [2.45, 2.75) is 6.92 Å². The van der Waals surface area contributed by atoms with Gasteiger partial charge < -0.3 is 4.74 Å². The van der Waals surface area contributed by atoms with Gasteiger partial charge in [0, 0.05) is 5.54 Å². The summed E-state index contributed by atoms with van der Waals surface area (Å²) in [6, 6.07) is 7.76. The lowest BCUT2D eigenvalue weighted by atomic mass is 10.2. The number of hydrogen-bond donors (Lipinski definition) is 0. The van der Waals surface area contributed by atoms with Gasteiger partial charge in [0.05, 0.1) is 0 Å². The first-order valence-corrected chi connectivity index (χ1v) is 3.75. The number of aryl methyl sites for hydroxylation is 1. The van der Waals surface area contributed by atoms with Gasteiger partial charge in [-0.3, -0.25) is 0 Å². The second-order valence-corrected chi connectivity index (χ2v) is 2.44. The summed E-state index contributed by atoms with van der Waals surface area (Å²) in [6.07, 6.45) is 1.44. The predicted molar refractivity (Wildman–Crippen MR) is 46.8 cm³/mol. The third kappa shape index (κ3) is 2.64. The molecule has 0 bridgehead atoms. The molecule has 0 saturated heterocycles. The summed E-state index contributed by atoms with van der Waals surface area (Å²) < 4.78 is 5.10. The number of benzene rings is 1. The van der Waals surface area contributed by atoms with Crippen LogP contribution in [0, 0.1) is 6.92 Å². The van der Waals surface area contributed by atoms with Crippen LogP contribution in [0.25, 0.3) is 0 Å². The van der Waals surface area contributed by atoms with E-state index in [0.717, 1.165) is 5.75 Å². The average Bonchev–Trinajstić information content (AvgIpc) is 2.04. The first-order chi connectivity index (χ1) is 5.33. The topological polar surface area (TPSA) is 9.23 Å². The van der Waals surface area contributed by atoms with Crippen LogP contribution in [0.1, 0.15) is 5.56 Å². The molecule has 0 radical (unpaired) electrons. The van der Waals surface area contributed by atoms with E-state index in [4.69, 9.17) is 16.3 Å². The van der Waals surface area contributed by atoms with Gasteiger partial charge >= 0.3 is 0 Å². The zero-order valence-corrected chi connectivity index (χ0v) is 7.01. The van der Waals surface area contributed by atoms with Crippen LogP contribution >= 0.6 is 11.6 Å². The van der Waals surface area contributed by atoms with Crippen LogP contribution in [-0.4, -0.2) is 0 Å². The zero-order chi connectivity index (χ0) is 8.10. The summed E-state index contributed by atoms with van der Waals surface area (Å²) >= 11 is 5.28. The van der Waals surface area contributed by atoms with E-state index >= 15 is 0 Å². The second kappa shape index (κ2) is 4.04. The molecule has 1 rings (SSSR count). The molecule has 0 saturated carbocycles. The van der Waals surface area contributed by atoms with E-state index in [0.29, 0.717) is 0 Å². The summed E-state index contributed by atoms with van der Waals surface area (Å²) in [5.74, 6) is 0.799. The van der Waals surface area contributed by atoms with E-state index in [1.807, 2.05) is 31.2 Å². The Morgan fingerprint density at radius 3 is 2.45 bits per heavy atom. The molecule has 0 aliphatic rings. The molecule has 0 fully saturated rings. The summed E-state index contributed by atoms with van der Waals surface area (Å²) in [5.41, 5.74) is 2.55. The molecule has 1 aromatic rings. The third-order valence-electron chi connectivity index (χ3n) is 1.28. The van der Waals surface area contributed by atoms with Gasteiger partial charge in [0.2, 0.25) is 0 Å². The van der Waals surface area contributed by atoms with Crippen LogP contribution in [0.15, 0.2) is 36.1 Å². The highest BCUT2D eigenvalue weighted by atomic mass is 35.5. The molecule has 0 amide bonds. The molecule has 0 N–H and O–H groups in total. The lowest BCUT2D eigenvalue weighted by Gasteiger charge is -1.98. The predicted octanol–water partition coefficient (Wildman–Crippen LogP) is 3.08. The maximum Gasteiger partial charge on any atom is 0.126 e. The van der Waals surface area contributed by atoms with Crippen molar-refractivity contribution in [3.63, 3.8) is 0 Å². The van der Waals surface area contributed by atoms with Crippen LogP contribution in [0.3, 0.4) is 0 Å². The van der Waals surface area contributed by atoms with Crippen molar-refractivity contribution in [2.24, 2.45) is 0 Å². The molecule has 0 aliphatic heterocycles. The summed E-state index contributed by atoms with van der Waals surface area (Å²) in [4.78, 5) is 0. The molecule has 0 unspecified atom stereocenters. The molecule has 58 valence electrons. The van der Waals surface area contributed by atoms with Gasteiger partial charge in [-0.15, -0.1) is 0 Å². The molecule has 0 aromatic heterocycles. The van der Waals surface area contributed by atoms with Gasteiger partial charge in [-0.1, -0.05) is 29.3 Å². The Morgan fingerprint density at radius 1 is 1.27 bits per heavy atom. The Kier molecular flexibility index (Phi) is 2.99. The highest BCUT2D eigenvalue weighted by Crippen LogP contribution is 2.11. The van der Waals surface area contributed by atoms with Gasteiger partial charge in [-0.2, -0.15) is 0 Å². The lowest BCUT2D eigenvalue weighted by Crippen LogP contribution is -1.80. The van der Waals surface area contributed by atoms with Crippen molar-refractivity contribution in [1.29, 1.82) is 0 Å². The first kappa shape index (κ1) is 8.15. The van der Waals surface area contributed by atoms with E-state index in [1.165, 1.54) is 17.4 Å². The molecule has 0 heterocycles. The van der Waals surface area contributed by atoms with E-state index in [2.05, 4.69) is 0 Å². The van der Waals surface area contributed by atoms with Crippen molar-refractivity contribution in [1.82, 2.24) is 0 Å². The maximum absolute atomic E-state index is 5.28. The largest absolute Gasteiger partial charge is 0.464 e. The van der Waals surface area contributed by atoms with Crippen molar-refractivity contribution in [3.05, 3.63) is 41.6 Å². The molecule has 0 atom stereocenters. The lowest BCUT2D eigenvalue weighted by molar-refractivity contribution is 0.482. The van der Waals surface area contributed by atoms with E-state index < -0.39 is 0 Å². The SMILES string of the molecule is Cc1ccc(OC=CCl)cc1. The minimum atomic E-state index is 0.799. The highest BCUT2D eigenvalue weighted by molar-refractivity contribution is 6.25. The molecule has 2 heteroatoms. The number of ether oxygens (including phenoxy) is 1. The first-order valence-electron chi connectivity index (χ1n) is 3.31. The zero-order valence-electron chi connectivity index (χ0n) is 6.25. The Hall–Kier alpha value is -0.950. The molecule has 0 spiro atoms. The number of halogens is 1. The fourth-order valence-electron chi connectivity index (χ4n) is 0.721. The van der Waals surface area contributed by atoms with Crippen LogP contribution < -0.4 is 4.74 Å². The summed E-state index contributed by atoms with van der Waals surface area (Å²) in [5, 5.41) is 0. The standard InChI is InChI=1S/C9H9ClO/c1-8-2-4-9(5-3-8)11-7-6-10/h2-7H,1H3. The van der Waals surface area contributed by atoms with Crippen molar-refractivity contribution >= 4 is 11.6 Å². The van der Waals surface area contributed by atoms with E-state index in [-0.39, 0.29) is 0 Å². The normalized spacial score (nSPS) is 10.4. The molecule has 1 aromatic carbocycles. The number of hydrogen-bond acceptors (Lipinski definition) is 1.